The first-order valence-corrected chi connectivity index (χ1v) is 6.09. The smallest absolute Gasteiger partial charge is 0.322 e. The number of methoxy groups -OCH3 is 1. The Morgan fingerprint density at radius 3 is 2.76 bits per heavy atom. The summed E-state index contributed by atoms with van der Waals surface area (Å²) in [6, 6.07) is 2.24. The number of hydrogen-bond donors (Lipinski definition) is 2. The fourth-order valence-electron chi connectivity index (χ4n) is 1.21. The Morgan fingerprint density at radius 2 is 2.12 bits per heavy atom. The molecule has 2 aromatic rings. The van der Waals surface area contributed by atoms with E-state index in [2.05, 4.69) is 25.6 Å². The fraction of sp³-hybridized carbons (Fsp3) is 0.300. The third-order valence-electron chi connectivity index (χ3n) is 1.91. The molecule has 0 fully saturated rings. The minimum atomic E-state index is 0.286. The largest absolute Gasteiger partial charge is 0.467 e. The summed E-state index contributed by atoms with van der Waals surface area (Å²) < 4.78 is 5.02. The Hall–Kier alpha value is -1.89. The van der Waals surface area contributed by atoms with Crippen LogP contribution >= 0.6 is 11.3 Å². The van der Waals surface area contributed by atoms with Gasteiger partial charge in [-0.15, -0.1) is 0 Å². The molecule has 17 heavy (non-hydrogen) atoms. The van der Waals surface area contributed by atoms with Gasteiger partial charge in [0.15, 0.2) is 0 Å². The molecule has 2 heterocycles. The van der Waals surface area contributed by atoms with Crippen LogP contribution in [-0.4, -0.2) is 28.6 Å². The lowest BCUT2D eigenvalue weighted by Gasteiger charge is -2.07. The van der Waals surface area contributed by atoms with Gasteiger partial charge in [-0.1, -0.05) is 0 Å². The molecule has 2 N–H and O–H groups in total. The molecule has 2 aromatic heterocycles. The minimum absolute atomic E-state index is 0.286. The number of aromatic nitrogens is 3. The van der Waals surface area contributed by atoms with Crippen molar-refractivity contribution >= 4 is 28.9 Å². The van der Waals surface area contributed by atoms with Crippen LogP contribution in [0.1, 0.15) is 6.92 Å². The second kappa shape index (κ2) is 5.44. The summed E-state index contributed by atoms with van der Waals surface area (Å²) in [5, 5.41) is 10.1. The first-order valence-electron chi connectivity index (χ1n) is 5.15. The lowest BCUT2D eigenvalue weighted by atomic mass is 10.5. The van der Waals surface area contributed by atoms with E-state index in [-0.39, 0.29) is 6.01 Å². The van der Waals surface area contributed by atoms with Crippen molar-refractivity contribution in [3.63, 3.8) is 0 Å². The number of anilines is 3. The van der Waals surface area contributed by atoms with Gasteiger partial charge in [0.05, 0.1) is 12.8 Å². The van der Waals surface area contributed by atoms with Crippen LogP contribution in [0.3, 0.4) is 0 Å². The SMILES string of the molecule is CCNc1nc(Nc2ccsc2)nc(OC)n1. The molecular weight excluding hydrogens is 238 g/mol. The van der Waals surface area contributed by atoms with E-state index < -0.39 is 0 Å². The molecule has 7 heteroatoms. The molecule has 0 aromatic carbocycles. The van der Waals surface area contributed by atoms with Gasteiger partial charge in [0.2, 0.25) is 11.9 Å². The highest BCUT2D eigenvalue weighted by Crippen LogP contribution is 2.18. The summed E-state index contributed by atoms with van der Waals surface area (Å²) in [4.78, 5) is 12.4. The molecule has 0 atom stereocenters. The van der Waals surface area contributed by atoms with Crippen molar-refractivity contribution in [1.82, 2.24) is 15.0 Å². The van der Waals surface area contributed by atoms with E-state index in [1.165, 1.54) is 7.11 Å². The van der Waals surface area contributed by atoms with E-state index in [9.17, 15) is 0 Å². The van der Waals surface area contributed by atoms with Crippen LogP contribution in [0.25, 0.3) is 0 Å². The molecule has 6 nitrogen and oxygen atoms in total. The second-order valence-corrected chi connectivity index (χ2v) is 3.92. The van der Waals surface area contributed by atoms with Gasteiger partial charge in [-0.2, -0.15) is 26.3 Å². The number of hydrogen-bond acceptors (Lipinski definition) is 7. The predicted molar refractivity (Wildman–Crippen MR) is 68.1 cm³/mol. The van der Waals surface area contributed by atoms with Crippen LogP contribution in [-0.2, 0) is 0 Å². The van der Waals surface area contributed by atoms with Gasteiger partial charge >= 0.3 is 6.01 Å². The van der Waals surface area contributed by atoms with E-state index in [0.29, 0.717) is 11.9 Å². The molecule has 0 aliphatic rings. The number of thiophene rings is 1. The molecule has 0 bridgehead atoms. The van der Waals surface area contributed by atoms with Crippen LogP contribution in [0.15, 0.2) is 16.8 Å². The Balaban J connectivity index is 2.23. The van der Waals surface area contributed by atoms with Crippen LogP contribution in [0.4, 0.5) is 17.6 Å². The molecule has 0 aliphatic carbocycles. The highest BCUT2D eigenvalue weighted by molar-refractivity contribution is 7.08. The maximum atomic E-state index is 5.02. The standard InChI is InChI=1S/C10H13N5OS/c1-3-11-8-13-9(15-10(14-8)16-2)12-7-4-5-17-6-7/h4-6H,3H2,1-2H3,(H2,11,12,13,14,15). The van der Waals surface area contributed by atoms with Crippen LogP contribution < -0.4 is 15.4 Å². The molecule has 90 valence electrons. The van der Waals surface area contributed by atoms with E-state index in [0.717, 1.165) is 12.2 Å². The summed E-state index contributed by atoms with van der Waals surface area (Å²) in [6.45, 7) is 2.72. The first-order chi connectivity index (χ1) is 8.31. The van der Waals surface area contributed by atoms with E-state index in [4.69, 9.17) is 4.74 Å². The lowest BCUT2D eigenvalue weighted by Crippen LogP contribution is -2.07. The average molecular weight is 251 g/mol. The summed E-state index contributed by atoms with van der Waals surface area (Å²) in [6.07, 6.45) is 0. The Kier molecular flexibility index (Phi) is 3.71. The van der Waals surface area contributed by atoms with Crippen LogP contribution in [0.5, 0.6) is 6.01 Å². The van der Waals surface area contributed by atoms with E-state index >= 15 is 0 Å². The van der Waals surface area contributed by atoms with E-state index in [1.807, 2.05) is 23.8 Å². The quantitative estimate of drug-likeness (QED) is 0.848. The van der Waals surface area contributed by atoms with Crippen molar-refractivity contribution in [2.24, 2.45) is 0 Å². The average Bonchev–Trinajstić information content (AvgIpc) is 2.82. The number of nitrogens with one attached hydrogen (secondary N) is 2. The van der Waals surface area contributed by atoms with Gasteiger partial charge in [0.1, 0.15) is 0 Å². The molecule has 0 spiro atoms. The maximum absolute atomic E-state index is 5.02. The summed E-state index contributed by atoms with van der Waals surface area (Å²) in [5.41, 5.74) is 0.950. The zero-order chi connectivity index (χ0) is 12.1. The van der Waals surface area contributed by atoms with Gasteiger partial charge in [-0.3, -0.25) is 0 Å². The van der Waals surface area contributed by atoms with Crippen molar-refractivity contribution in [2.75, 3.05) is 24.3 Å². The minimum Gasteiger partial charge on any atom is -0.467 e. The zero-order valence-corrected chi connectivity index (χ0v) is 10.4. The predicted octanol–water partition coefficient (Wildman–Crippen LogP) is 2.12. The maximum Gasteiger partial charge on any atom is 0.322 e. The third-order valence-corrected chi connectivity index (χ3v) is 2.59. The molecule has 0 amide bonds. The van der Waals surface area contributed by atoms with Crippen molar-refractivity contribution < 1.29 is 4.74 Å². The van der Waals surface area contributed by atoms with Gasteiger partial charge in [0.25, 0.3) is 0 Å². The lowest BCUT2D eigenvalue weighted by molar-refractivity contribution is 0.379. The topological polar surface area (TPSA) is 72.0 Å². The first kappa shape index (κ1) is 11.6. The number of rotatable bonds is 5. The van der Waals surface area contributed by atoms with Gasteiger partial charge in [0, 0.05) is 11.9 Å². The molecule has 0 radical (unpaired) electrons. The van der Waals surface area contributed by atoms with Gasteiger partial charge in [-0.25, -0.2) is 0 Å². The molecule has 0 saturated heterocycles. The second-order valence-electron chi connectivity index (χ2n) is 3.14. The van der Waals surface area contributed by atoms with Crippen molar-refractivity contribution in [1.29, 1.82) is 0 Å². The highest BCUT2D eigenvalue weighted by atomic mass is 32.1. The van der Waals surface area contributed by atoms with Crippen molar-refractivity contribution in [3.05, 3.63) is 16.8 Å². The summed E-state index contributed by atoms with van der Waals surface area (Å²) in [5.74, 6) is 0.961. The van der Waals surface area contributed by atoms with Crippen LogP contribution in [0.2, 0.25) is 0 Å². The van der Waals surface area contributed by atoms with Gasteiger partial charge < -0.3 is 15.4 Å². The normalized spacial score (nSPS) is 10.0. The Bertz CT molecular complexity index is 474. The Morgan fingerprint density at radius 1 is 1.29 bits per heavy atom. The molecular formula is C10H13N5OS. The fourth-order valence-corrected chi connectivity index (χ4v) is 1.79. The monoisotopic (exact) mass is 251 g/mol. The van der Waals surface area contributed by atoms with E-state index in [1.54, 1.807) is 11.3 Å². The van der Waals surface area contributed by atoms with Crippen molar-refractivity contribution in [3.8, 4) is 6.01 Å². The Labute approximate surface area is 103 Å². The summed E-state index contributed by atoms with van der Waals surface area (Å²) in [7, 11) is 1.53. The molecule has 2 rings (SSSR count). The zero-order valence-electron chi connectivity index (χ0n) is 9.60. The van der Waals surface area contributed by atoms with Crippen molar-refractivity contribution in [2.45, 2.75) is 6.92 Å². The van der Waals surface area contributed by atoms with Crippen LogP contribution in [0, 0.1) is 0 Å². The molecule has 0 unspecified atom stereocenters. The molecule has 0 saturated carbocycles. The summed E-state index contributed by atoms with van der Waals surface area (Å²) >= 11 is 1.60. The third kappa shape index (κ3) is 3.04. The van der Waals surface area contributed by atoms with Gasteiger partial charge in [-0.05, 0) is 18.4 Å². The number of nitrogens with zero attached hydrogens (tertiary/aromatic N) is 3. The molecule has 0 aliphatic heterocycles. The highest BCUT2D eigenvalue weighted by Gasteiger charge is 2.06. The number of ether oxygens (including phenoxy) is 1.